The highest BCUT2D eigenvalue weighted by molar-refractivity contribution is 6.27. The molecule has 0 atom stereocenters. The van der Waals surface area contributed by atoms with Crippen LogP contribution in [0.4, 0.5) is 0 Å². The minimum atomic E-state index is 0.974. The van der Waals surface area contributed by atoms with Crippen LogP contribution in [0, 0.1) is 0 Å². The van der Waals surface area contributed by atoms with E-state index in [1.165, 1.54) is 109 Å². The fourth-order valence-electron chi connectivity index (χ4n) is 8.83. The second kappa shape index (κ2) is 11.9. The van der Waals surface area contributed by atoms with Crippen LogP contribution in [0.3, 0.4) is 0 Å². The minimum absolute atomic E-state index is 0.974. The van der Waals surface area contributed by atoms with Crippen LogP contribution >= 0.6 is 0 Å². The number of fused-ring (bicyclic) bond motifs is 3. The van der Waals surface area contributed by atoms with E-state index < -0.39 is 0 Å². The Labute approximate surface area is 308 Å². The first-order chi connectivity index (χ1) is 26.3. The topological polar surface area (TPSA) is 0 Å². The van der Waals surface area contributed by atoms with Crippen molar-refractivity contribution in [3.05, 3.63) is 193 Å². The van der Waals surface area contributed by atoms with Crippen molar-refractivity contribution in [2.24, 2.45) is 0 Å². The summed E-state index contributed by atoms with van der Waals surface area (Å²) in [6, 6.07) is 63.5. The predicted octanol–water partition coefficient (Wildman–Crippen LogP) is 15.0. The van der Waals surface area contributed by atoms with E-state index in [1.807, 2.05) is 0 Å². The molecule has 0 saturated carbocycles. The first kappa shape index (κ1) is 29.9. The number of rotatable bonds is 4. The van der Waals surface area contributed by atoms with E-state index in [-0.39, 0.29) is 0 Å². The molecule has 0 heterocycles. The highest BCUT2D eigenvalue weighted by Gasteiger charge is 2.17. The first-order valence-corrected chi connectivity index (χ1v) is 18.6. The van der Waals surface area contributed by atoms with Gasteiger partial charge >= 0.3 is 0 Å². The molecule has 0 fully saturated rings. The summed E-state index contributed by atoms with van der Waals surface area (Å²) in [6.07, 6.45) is 9.96. The Hall–Kier alpha value is -6.76. The summed E-state index contributed by atoms with van der Waals surface area (Å²) in [6.45, 7) is 0. The van der Waals surface area contributed by atoms with Gasteiger partial charge in [0.2, 0.25) is 0 Å². The van der Waals surface area contributed by atoms with E-state index in [4.69, 9.17) is 0 Å². The number of allylic oxidation sites excluding steroid dienone is 2. The molecule has 0 unspecified atom stereocenters. The van der Waals surface area contributed by atoms with Crippen LogP contribution in [0.2, 0.25) is 0 Å². The van der Waals surface area contributed by atoms with Crippen LogP contribution < -0.4 is 0 Å². The van der Waals surface area contributed by atoms with E-state index in [9.17, 15) is 0 Å². The van der Waals surface area contributed by atoms with Crippen molar-refractivity contribution in [1.29, 1.82) is 0 Å². The van der Waals surface area contributed by atoms with Gasteiger partial charge < -0.3 is 0 Å². The Morgan fingerprint density at radius 3 is 1.64 bits per heavy atom. The maximum atomic E-state index is 2.39. The highest BCUT2D eigenvalue weighted by atomic mass is 14.2. The average molecular weight is 671 g/mol. The van der Waals surface area contributed by atoms with Crippen molar-refractivity contribution in [2.75, 3.05) is 0 Å². The summed E-state index contributed by atoms with van der Waals surface area (Å²) in [7, 11) is 0. The van der Waals surface area contributed by atoms with Crippen molar-refractivity contribution in [3.8, 4) is 44.5 Å². The molecule has 10 aromatic rings. The van der Waals surface area contributed by atoms with Gasteiger partial charge in [-0.25, -0.2) is 0 Å². The number of benzene rings is 10. The molecule has 246 valence electrons. The molecule has 53 heavy (non-hydrogen) atoms. The number of hydrogen-bond acceptors (Lipinski definition) is 0. The maximum Gasteiger partial charge on any atom is -0.00203 e. The second-order valence-corrected chi connectivity index (χ2v) is 14.4. The Bertz CT molecular complexity index is 3130. The first-order valence-electron chi connectivity index (χ1n) is 18.6. The quantitative estimate of drug-likeness (QED) is 0.164. The fraction of sp³-hybridized carbons (Fsp3) is 0.0189. The van der Waals surface area contributed by atoms with Crippen LogP contribution in [0.5, 0.6) is 0 Å². The zero-order valence-corrected chi connectivity index (χ0v) is 29.2. The second-order valence-electron chi connectivity index (χ2n) is 14.4. The lowest BCUT2D eigenvalue weighted by Gasteiger charge is -2.18. The molecule has 1 aliphatic rings. The van der Waals surface area contributed by atoms with Crippen molar-refractivity contribution in [1.82, 2.24) is 0 Å². The molecule has 10 aromatic carbocycles. The minimum Gasteiger partial charge on any atom is -0.0801 e. The van der Waals surface area contributed by atoms with Gasteiger partial charge in [0.15, 0.2) is 0 Å². The van der Waals surface area contributed by atoms with E-state index in [0.717, 1.165) is 6.42 Å². The van der Waals surface area contributed by atoms with Crippen LogP contribution in [-0.4, -0.2) is 0 Å². The van der Waals surface area contributed by atoms with E-state index in [2.05, 4.69) is 194 Å². The van der Waals surface area contributed by atoms with Gasteiger partial charge in [-0.3, -0.25) is 0 Å². The Balaban J connectivity index is 1.09. The molecule has 0 radical (unpaired) electrons. The Morgan fingerprint density at radius 1 is 0.302 bits per heavy atom. The lowest BCUT2D eigenvalue weighted by Crippen LogP contribution is -1.91. The van der Waals surface area contributed by atoms with E-state index in [1.54, 1.807) is 0 Å². The van der Waals surface area contributed by atoms with Crippen molar-refractivity contribution >= 4 is 66.0 Å². The highest BCUT2D eigenvalue weighted by Crippen LogP contribution is 2.44. The molecule has 0 heteroatoms. The van der Waals surface area contributed by atoms with Crippen molar-refractivity contribution in [2.45, 2.75) is 6.42 Å². The largest absolute Gasteiger partial charge is 0.0801 e. The summed E-state index contributed by atoms with van der Waals surface area (Å²) >= 11 is 0. The van der Waals surface area contributed by atoms with Crippen LogP contribution in [0.15, 0.2) is 182 Å². The zero-order chi connectivity index (χ0) is 34.9. The standard InChI is InChI=1S/C53H34/c1-2-9-34-17-19-43(31-39(34)12-3-1)46-27-23-38-24-29-49-45(26-22-37-25-30-50(46)53(38)52(37)49)41-14-8-15-42(33-41)48-28-21-36-11-6-7-16-47(36)51(48)44-20-18-35-10-4-5-13-40(35)32-44/h2-33H,1H2. The summed E-state index contributed by atoms with van der Waals surface area (Å²) in [5.74, 6) is 0. The summed E-state index contributed by atoms with van der Waals surface area (Å²) in [5.41, 5.74) is 12.6. The van der Waals surface area contributed by atoms with Gasteiger partial charge in [0.05, 0.1) is 0 Å². The molecule has 0 aromatic heterocycles. The summed E-state index contributed by atoms with van der Waals surface area (Å²) < 4.78 is 0. The van der Waals surface area contributed by atoms with E-state index in [0.29, 0.717) is 0 Å². The summed E-state index contributed by atoms with van der Waals surface area (Å²) in [5, 5.41) is 12.9. The molecular weight excluding hydrogens is 637 g/mol. The smallest absolute Gasteiger partial charge is 0.00203 e. The molecule has 0 saturated heterocycles. The van der Waals surface area contributed by atoms with Gasteiger partial charge in [0.25, 0.3) is 0 Å². The molecule has 1 aliphatic carbocycles. The molecular formula is C53H34. The molecule has 0 N–H and O–H groups in total. The van der Waals surface area contributed by atoms with Crippen LogP contribution in [0.25, 0.3) is 111 Å². The molecule has 11 rings (SSSR count). The maximum absolute atomic E-state index is 2.39. The van der Waals surface area contributed by atoms with Crippen LogP contribution in [-0.2, 0) is 0 Å². The SMILES string of the molecule is C1=Cc2ccc(-c3ccc4ccc5c(-c6cccc(-c7ccc8ccccc8c7-c7ccc8ccccc8c7)c6)ccc6ccc3c4c65)cc2C=CC1. The average Bonchev–Trinajstić information content (AvgIpc) is 3.47. The Kier molecular flexibility index (Phi) is 6.72. The van der Waals surface area contributed by atoms with Gasteiger partial charge in [-0.05, 0) is 134 Å². The van der Waals surface area contributed by atoms with Gasteiger partial charge in [-0.2, -0.15) is 0 Å². The Morgan fingerprint density at radius 2 is 0.868 bits per heavy atom. The van der Waals surface area contributed by atoms with Crippen LogP contribution in [0.1, 0.15) is 17.5 Å². The normalized spacial score (nSPS) is 12.7. The predicted molar refractivity (Wildman–Crippen MR) is 230 cm³/mol. The monoisotopic (exact) mass is 670 g/mol. The third-order valence-electron chi connectivity index (χ3n) is 11.4. The molecule has 0 aliphatic heterocycles. The third-order valence-corrected chi connectivity index (χ3v) is 11.4. The molecule has 0 amide bonds. The third kappa shape index (κ3) is 4.84. The van der Waals surface area contributed by atoms with Crippen molar-refractivity contribution < 1.29 is 0 Å². The zero-order valence-electron chi connectivity index (χ0n) is 29.2. The molecule has 0 spiro atoms. The van der Waals surface area contributed by atoms with Gasteiger partial charge in [0.1, 0.15) is 0 Å². The number of hydrogen-bond donors (Lipinski definition) is 0. The summed E-state index contributed by atoms with van der Waals surface area (Å²) in [4.78, 5) is 0. The molecule has 0 bridgehead atoms. The van der Waals surface area contributed by atoms with Gasteiger partial charge in [0, 0.05) is 0 Å². The lowest BCUT2D eigenvalue weighted by molar-refractivity contribution is 1.44. The van der Waals surface area contributed by atoms with E-state index >= 15 is 0 Å². The molecule has 0 nitrogen and oxygen atoms in total. The lowest BCUT2D eigenvalue weighted by atomic mass is 9.85. The van der Waals surface area contributed by atoms with Gasteiger partial charge in [-0.1, -0.05) is 176 Å². The van der Waals surface area contributed by atoms with Crippen molar-refractivity contribution in [3.63, 3.8) is 0 Å². The van der Waals surface area contributed by atoms with Gasteiger partial charge in [-0.15, -0.1) is 0 Å². The fourth-order valence-corrected chi connectivity index (χ4v) is 8.83.